The number of carbonyl (C=O) groups is 4. The zero-order valence-electron chi connectivity index (χ0n) is 17.8. The maximum Gasteiger partial charge on any atom is 0.410 e. The molecule has 10 nitrogen and oxygen atoms in total. The summed E-state index contributed by atoms with van der Waals surface area (Å²) in [7, 11) is 1.34. The number of benzene rings is 1. The molecule has 0 saturated carbocycles. The van der Waals surface area contributed by atoms with Crippen molar-refractivity contribution in [2.45, 2.75) is 52.4 Å². The zero-order valence-corrected chi connectivity index (χ0v) is 17.8. The van der Waals surface area contributed by atoms with Gasteiger partial charge in [0.2, 0.25) is 11.8 Å². The quantitative estimate of drug-likeness (QED) is 0.466. The number of carbonyl (C=O) groups excluding carboxylic acids is 3. The van der Waals surface area contributed by atoms with E-state index in [1.807, 2.05) is 13.8 Å². The first-order valence-electron chi connectivity index (χ1n) is 9.52. The van der Waals surface area contributed by atoms with Crippen molar-refractivity contribution in [3.05, 3.63) is 29.8 Å². The Kier molecular flexibility index (Phi) is 9.25. The summed E-state index contributed by atoms with van der Waals surface area (Å²) in [6.07, 6.45) is -0.758. The lowest BCUT2D eigenvalue weighted by molar-refractivity contribution is -0.141. The fraction of sp³-hybridized carbons (Fsp3) is 0.500. The van der Waals surface area contributed by atoms with Gasteiger partial charge in [0.25, 0.3) is 0 Å². The van der Waals surface area contributed by atoms with Gasteiger partial charge >= 0.3 is 12.1 Å². The molecule has 0 fully saturated rings. The highest BCUT2D eigenvalue weighted by Crippen LogP contribution is 2.12. The van der Waals surface area contributed by atoms with Gasteiger partial charge in [-0.3, -0.25) is 14.5 Å². The van der Waals surface area contributed by atoms with E-state index in [0.29, 0.717) is 11.3 Å². The van der Waals surface area contributed by atoms with Crippen molar-refractivity contribution in [1.29, 1.82) is 0 Å². The number of ether oxygens (including phenoxy) is 1. The fourth-order valence-electron chi connectivity index (χ4n) is 2.18. The van der Waals surface area contributed by atoms with Crippen LogP contribution in [0.15, 0.2) is 24.3 Å². The number of anilines is 1. The average Bonchev–Trinajstić information content (AvgIpc) is 2.70. The molecule has 0 unspecified atom stereocenters. The predicted molar refractivity (Wildman–Crippen MR) is 111 cm³/mol. The van der Waals surface area contributed by atoms with Crippen molar-refractivity contribution in [3.63, 3.8) is 0 Å². The minimum atomic E-state index is -1.13. The number of nitrogens with one attached hydrogen (secondary N) is 2. The molecular weight excluding hydrogens is 392 g/mol. The molecule has 3 amide bonds. The van der Waals surface area contributed by atoms with Crippen molar-refractivity contribution in [2.75, 3.05) is 12.4 Å². The van der Waals surface area contributed by atoms with Crippen molar-refractivity contribution in [1.82, 2.24) is 10.2 Å². The average molecular weight is 422 g/mol. The summed E-state index contributed by atoms with van der Waals surface area (Å²) in [5.74, 6) is -1.98. The summed E-state index contributed by atoms with van der Waals surface area (Å²) in [5.41, 5.74) is 6.92. The third-order valence-corrected chi connectivity index (χ3v) is 4.58. The van der Waals surface area contributed by atoms with E-state index in [4.69, 9.17) is 15.6 Å². The van der Waals surface area contributed by atoms with Gasteiger partial charge in [0.05, 0.1) is 6.04 Å². The van der Waals surface area contributed by atoms with E-state index in [1.54, 1.807) is 31.2 Å². The zero-order chi connectivity index (χ0) is 23.0. The molecule has 10 heteroatoms. The van der Waals surface area contributed by atoms with E-state index >= 15 is 0 Å². The number of aliphatic carboxylic acids is 1. The van der Waals surface area contributed by atoms with Crippen LogP contribution in [-0.2, 0) is 25.7 Å². The Bertz CT molecular complexity index is 765. The van der Waals surface area contributed by atoms with Gasteiger partial charge in [0.15, 0.2) is 0 Å². The Labute approximate surface area is 175 Å². The smallest absolute Gasteiger partial charge is 0.410 e. The van der Waals surface area contributed by atoms with Crippen LogP contribution in [0.4, 0.5) is 10.5 Å². The second kappa shape index (κ2) is 11.1. The van der Waals surface area contributed by atoms with Crippen LogP contribution < -0.4 is 16.4 Å². The Morgan fingerprint density at radius 3 is 2.13 bits per heavy atom. The van der Waals surface area contributed by atoms with E-state index in [2.05, 4.69) is 10.6 Å². The number of hydrogen-bond acceptors (Lipinski definition) is 6. The largest absolute Gasteiger partial charge is 0.480 e. The van der Waals surface area contributed by atoms with Crippen molar-refractivity contribution < 1.29 is 29.0 Å². The normalized spacial score (nSPS) is 13.7. The predicted octanol–water partition coefficient (Wildman–Crippen LogP) is 1.15. The van der Waals surface area contributed by atoms with Crippen LogP contribution in [0, 0.1) is 5.92 Å². The maximum absolute atomic E-state index is 12.2. The first kappa shape index (κ1) is 24.9. The Morgan fingerprint density at radius 2 is 1.63 bits per heavy atom. The lowest BCUT2D eigenvalue weighted by Gasteiger charge is -2.21. The molecule has 0 radical (unpaired) electrons. The highest BCUT2D eigenvalue weighted by molar-refractivity contribution is 5.97. The minimum Gasteiger partial charge on any atom is -0.480 e. The van der Waals surface area contributed by atoms with Gasteiger partial charge in [-0.25, -0.2) is 9.59 Å². The molecule has 30 heavy (non-hydrogen) atoms. The molecule has 0 spiro atoms. The molecule has 0 aliphatic rings. The number of rotatable bonds is 9. The SMILES string of the molecule is CC(C)[C@H](N)C(=O)N[C@@H](C)C(=O)Nc1ccc(COC(=O)N(C)[C@@H](C)C(=O)O)cc1. The highest BCUT2D eigenvalue weighted by atomic mass is 16.6. The van der Waals surface area contributed by atoms with Crippen LogP contribution in [0.5, 0.6) is 0 Å². The molecule has 1 rings (SSSR count). The number of nitrogens with zero attached hydrogens (tertiary/aromatic N) is 1. The van der Waals surface area contributed by atoms with E-state index in [-0.39, 0.29) is 12.5 Å². The van der Waals surface area contributed by atoms with Crippen LogP contribution in [-0.4, -0.2) is 59.1 Å². The molecule has 166 valence electrons. The third kappa shape index (κ3) is 7.36. The maximum atomic E-state index is 12.2. The lowest BCUT2D eigenvalue weighted by Crippen LogP contribution is -2.50. The second-order valence-corrected chi connectivity index (χ2v) is 7.37. The Balaban J connectivity index is 2.56. The first-order chi connectivity index (χ1) is 13.9. The summed E-state index contributed by atoms with van der Waals surface area (Å²) < 4.78 is 5.08. The molecule has 0 aliphatic heterocycles. The number of nitrogens with two attached hydrogens (primary N) is 1. The van der Waals surface area contributed by atoms with Gasteiger partial charge in [-0.05, 0) is 37.5 Å². The number of amides is 3. The van der Waals surface area contributed by atoms with Gasteiger partial charge in [0, 0.05) is 12.7 Å². The fourth-order valence-corrected chi connectivity index (χ4v) is 2.18. The molecule has 0 aromatic heterocycles. The van der Waals surface area contributed by atoms with Crippen LogP contribution in [0.1, 0.15) is 33.3 Å². The first-order valence-corrected chi connectivity index (χ1v) is 9.52. The number of carboxylic acid groups (broad SMARTS) is 1. The van der Waals surface area contributed by atoms with Gasteiger partial charge in [-0.2, -0.15) is 0 Å². The molecule has 0 saturated heterocycles. The summed E-state index contributed by atoms with van der Waals surface area (Å²) in [6, 6.07) is 4.09. The minimum absolute atomic E-state index is 0.0472. The molecule has 0 aliphatic carbocycles. The molecule has 1 aromatic carbocycles. The Hall–Kier alpha value is -3.14. The number of hydrogen-bond donors (Lipinski definition) is 4. The number of carboxylic acids is 1. The summed E-state index contributed by atoms with van der Waals surface area (Å²) in [4.78, 5) is 48.0. The topological polar surface area (TPSA) is 151 Å². The van der Waals surface area contributed by atoms with Gasteiger partial charge in [-0.15, -0.1) is 0 Å². The molecule has 3 atom stereocenters. The van der Waals surface area contributed by atoms with Crippen LogP contribution in [0.2, 0.25) is 0 Å². The monoisotopic (exact) mass is 422 g/mol. The van der Waals surface area contributed by atoms with E-state index in [0.717, 1.165) is 4.90 Å². The standard InChI is InChI=1S/C20H30N4O6/c1-11(2)16(21)18(26)22-12(3)17(25)23-15-8-6-14(7-9-15)10-30-20(29)24(5)13(4)19(27)28/h6-9,11-13,16H,10,21H2,1-5H3,(H,22,26)(H,23,25)(H,27,28)/t12-,13-,16-/m0/s1. The lowest BCUT2D eigenvalue weighted by atomic mass is 10.0. The molecule has 1 aromatic rings. The van der Waals surface area contributed by atoms with Gasteiger partial charge in [0.1, 0.15) is 18.7 Å². The van der Waals surface area contributed by atoms with Crippen molar-refractivity contribution in [2.24, 2.45) is 11.7 Å². The molecular formula is C20H30N4O6. The summed E-state index contributed by atoms with van der Waals surface area (Å²) >= 11 is 0. The van der Waals surface area contributed by atoms with Crippen LogP contribution >= 0.6 is 0 Å². The second-order valence-electron chi connectivity index (χ2n) is 7.37. The van der Waals surface area contributed by atoms with Crippen molar-refractivity contribution >= 4 is 29.6 Å². The summed E-state index contributed by atoms with van der Waals surface area (Å²) in [5, 5.41) is 14.2. The summed E-state index contributed by atoms with van der Waals surface area (Å²) in [6.45, 7) is 6.52. The van der Waals surface area contributed by atoms with E-state index in [9.17, 15) is 19.2 Å². The van der Waals surface area contributed by atoms with E-state index in [1.165, 1.54) is 14.0 Å². The molecule has 0 bridgehead atoms. The van der Waals surface area contributed by atoms with E-state index < -0.39 is 42.0 Å². The van der Waals surface area contributed by atoms with Crippen molar-refractivity contribution in [3.8, 4) is 0 Å². The molecule has 5 N–H and O–H groups in total. The van der Waals surface area contributed by atoms with Gasteiger partial charge < -0.3 is 26.2 Å². The van der Waals surface area contributed by atoms with Gasteiger partial charge in [-0.1, -0.05) is 26.0 Å². The van der Waals surface area contributed by atoms with Crippen LogP contribution in [0.25, 0.3) is 0 Å². The number of likely N-dealkylation sites (N-methyl/N-ethyl adjacent to an activating group) is 1. The highest BCUT2D eigenvalue weighted by Gasteiger charge is 2.23. The molecule has 0 heterocycles. The van der Waals surface area contributed by atoms with Crippen LogP contribution in [0.3, 0.4) is 0 Å². The third-order valence-electron chi connectivity index (χ3n) is 4.58. The Morgan fingerprint density at radius 1 is 1.07 bits per heavy atom.